The summed E-state index contributed by atoms with van der Waals surface area (Å²) >= 11 is 3.30. The fraction of sp³-hybridized carbons (Fsp3) is 0.538. The standard InChI is InChI=1S/C13H21BrN2O4S/c1-15-7-10-4-5-13(12(14)6-10)21(17,18)16-8-11(20-3)9-19-2/h4-6,11,15-16H,7-9H2,1-3H3. The first-order chi connectivity index (χ1) is 9.94. The molecule has 0 aliphatic rings. The highest BCUT2D eigenvalue weighted by Crippen LogP contribution is 2.23. The first-order valence-corrected chi connectivity index (χ1v) is 8.66. The van der Waals surface area contributed by atoms with Gasteiger partial charge in [-0.3, -0.25) is 0 Å². The molecule has 0 spiro atoms. The fourth-order valence-electron chi connectivity index (χ4n) is 1.75. The van der Waals surface area contributed by atoms with Crippen molar-refractivity contribution in [3.05, 3.63) is 28.2 Å². The molecule has 0 bridgehead atoms. The molecule has 0 radical (unpaired) electrons. The van der Waals surface area contributed by atoms with Gasteiger partial charge in [0.2, 0.25) is 10.0 Å². The van der Waals surface area contributed by atoms with Crippen LogP contribution in [0.4, 0.5) is 0 Å². The van der Waals surface area contributed by atoms with Gasteiger partial charge in [-0.15, -0.1) is 0 Å². The van der Waals surface area contributed by atoms with E-state index in [9.17, 15) is 8.42 Å². The van der Waals surface area contributed by atoms with E-state index < -0.39 is 10.0 Å². The van der Waals surface area contributed by atoms with E-state index in [0.29, 0.717) is 17.6 Å². The Morgan fingerprint density at radius 1 is 1.33 bits per heavy atom. The lowest BCUT2D eigenvalue weighted by atomic mass is 10.2. The third kappa shape index (κ3) is 5.65. The number of methoxy groups -OCH3 is 2. The Hall–Kier alpha value is -0.510. The average molecular weight is 381 g/mol. The van der Waals surface area contributed by atoms with E-state index in [1.807, 2.05) is 7.05 Å². The topological polar surface area (TPSA) is 76.7 Å². The minimum atomic E-state index is -3.60. The van der Waals surface area contributed by atoms with Crippen LogP contribution in [-0.2, 0) is 26.0 Å². The molecular weight excluding hydrogens is 360 g/mol. The Balaban J connectivity index is 2.82. The van der Waals surface area contributed by atoms with Crippen molar-refractivity contribution in [2.75, 3.05) is 34.4 Å². The molecular formula is C13H21BrN2O4S. The zero-order chi connectivity index (χ0) is 15.9. The Morgan fingerprint density at radius 3 is 2.57 bits per heavy atom. The van der Waals surface area contributed by atoms with Gasteiger partial charge in [0.15, 0.2) is 0 Å². The summed E-state index contributed by atoms with van der Waals surface area (Å²) in [6, 6.07) is 5.14. The maximum absolute atomic E-state index is 12.3. The summed E-state index contributed by atoms with van der Waals surface area (Å²) in [5, 5.41) is 3.01. The van der Waals surface area contributed by atoms with Crippen LogP contribution >= 0.6 is 15.9 Å². The fourth-order valence-corrected chi connectivity index (χ4v) is 3.94. The van der Waals surface area contributed by atoms with Crippen LogP contribution in [0.2, 0.25) is 0 Å². The average Bonchev–Trinajstić information content (AvgIpc) is 2.43. The van der Waals surface area contributed by atoms with E-state index >= 15 is 0 Å². The SMILES string of the molecule is CNCc1ccc(S(=O)(=O)NCC(COC)OC)c(Br)c1. The third-order valence-corrected chi connectivity index (χ3v) is 5.25. The minimum absolute atomic E-state index is 0.150. The van der Waals surface area contributed by atoms with Crippen molar-refractivity contribution in [2.45, 2.75) is 17.5 Å². The molecule has 120 valence electrons. The van der Waals surface area contributed by atoms with E-state index in [2.05, 4.69) is 26.0 Å². The number of hydrogen-bond acceptors (Lipinski definition) is 5. The molecule has 1 rings (SSSR count). The maximum Gasteiger partial charge on any atom is 0.241 e. The summed E-state index contributed by atoms with van der Waals surface area (Å²) in [4.78, 5) is 0.203. The molecule has 0 fully saturated rings. The summed E-state index contributed by atoms with van der Waals surface area (Å²) in [5.74, 6) is 0. The quantitative estimate of drug-likeness (QED) is 0.670. The van der Waals surface area contributed by atoms with Gasteiger partial charge in [0.1, 0.15) is 0 Å². The van der Waals surface area contributed by atoms with E-state index in [1.165, 1.54) is 14.2 Å². The van der Waals surface area contributed by atoms with Crippen LogP contribution < -0.4 is 10.0 Å². The van der Waals surface area contributed by atoms with Crippen LogP contribution in [0, 0.1) is 0 Å². The van der Waals surface area contributed by atoms with Gasteiger partial charge in [0.05, 0.1) is 17.6 Å². The van der Waals surface area contributed by atoms with Crippen molar-refractivity contribution in [2.24, 2.45) is 0 Å². The Labute approximate surface area is 134 Å². The van der Waals surface area contributed by atoms with Gasteiger partial charge in [-0.05, 0) is 40.7 Å². The summed E-state index contributed by atoms with van der Waals surface area (Å²) in [7, 11) is 1.29. The highest BCUT2D eigenvalue weighted by molar-refractivity contribution is 9.10. The zero-order valence-electron chi connectivity index (χ0n) is 12.3. The lowest BCUT2D eigenvalue weighted by Gasteiger charge is -2.16. The molecule has 0 aliphatic heterocycles. The molecule has 0 aliphatic carbocycles. The summed E-state index contributed by atoms with van der Waals surface area (Å²) in [5.41, 5.74) is 0.998. The summed E-state index contributed by atoms with van der Waals surface area (Å²) in [6.07, 6.45) is -0.327. The van der Waals surface area contributed by atoms with Gasteiger partial charge < -0.3 is 14.8 Å². The van der Waals surface area contributed by atoms with Gasteiger partial charge in [-0.25, -0.2) is 13.1 Å². The Bertz CT molecular complexity index is 551. The smallest absolute Gasteiger partial charge is 0.241 e. The second-order valence-electron chi connectivity index (χ2n) is 4.46. The van der Waals surface area contributed by atoms with Crippen LogP contribution in [0.5, 0.6) is 0 Å². The van der Waals surface area contributed by atoms with Crippen LogP contribution in [0.1, 0.15) is 5.56 Å². The molecule has 6 nitrogen and oxygen atoms in total. The second kappa shape index (κ2) is 8.82. The molecule has 0 saturated carbocycles. The van der Waals surface area contributed by atoms with Crippen LogP contribution in [0.3, 0.4) is 0 Å². The first kappa shape index (κ1) is 18.5. The number of halogens is 1. The molecule has 8 heteroatoms. The number of rotatable bonds is 9. The molecule has 0 heterocycles. The normalized spacial score (nSPS) is 13.3. The number of sulfonamides is 1. The van der Waals surface area contributed by atoms with Gasteiger partial charge in [-0.2, -0.15) is 0 Å². The van der Waals surface area contributed by atoms with E-state index in [1.54, 1.807) is 18.2 Å². The Morgan fingerprint density at radius 2 is 2.05 bits per heavy atom. The summed E-state index contributed by atoms with van der Waals surface area (Å²) in [6.45, 7) is 1.14. The van der Waals surface area contributed by atoms with Crippen LogP contribution in [0.15, 0.2) is 27.6 Å². The largest absolute Gasteiger partial charge is 0.382 e. The molecule has 21 heavy (non-hydrogen) atoms. The highest BCUT2D eigenvalue weighted by Gasteiger charge is 2.19. The first-order valence-electron chi connectivity index (χ1n) is 6.39. The highest BCUT2D eigenvalue weighted by atomic mass is 79.9. The van der Waals surface area contributed by atoms with E-state index in [-0.39, 0.29) is 17.5 Å². The molecule has 0 amide bonds. The number of nitrogens with one attached hydrogen (secondary N) is 2. The van der Waals surface area contributed by atoms with E-state index in [0.717, 1.165) is 5.56 Å². The number of ether oxygens (including phenoxy) is 2. The molecule has 1 aromatic carbocycles. The van der Waals surface area contributed by atoms with Crippen molar-refractivity contribution in [3.8, 4) is 0 Å². The van der Waals surface area contributed by atoms with Crippen molar-refractivity contribution < 1.29 is 17.9 Å². The van der Waals surface area contributed by atoms with Gasteiger partial charge in [-0.1, -0.05) is 6.07 Å². The van der Waals surface area contributed by atoms with Gasteiger partial charge >= 0.3 is 0 Å². The van der Waals surface area contributed by atoms with Crippen molar-refractivity contribution in [3.63, 3.8) is 0 Å². The molecule has 0 aromatic heterocycles. The molecule has 1 unspecified atom stereocenters. The minimum Gasteiger partial charge on any atom is -0.382 e. The zero-order valence-corrected chi connectivity index (χ0v) is 14.8. The summed E-state index contributed by atoms with van der Waals surface area (Å²) < 4.78 is 37.7. The lowest BCUT2D eigenvalue weighted by molar-refractivity contribution is 0.0320. The van der Waals surface area contributed by atoms with Gasteiger partial charge in [0.25, 0.3) is 0 Å². The van der Waals surface area contributed by atoms with E-state index in [4.69, 9.17) is 9.47 Å². The maximum atomic E-state index is 12.3. The van der Waals surface area contributed by atoms with Crippen molar-refractivity contribution in [1.82, 2.24) is 10.0 Å². The third-order valence-electron chi connectivity index (χ3n) is 2.85. The van der Waals surface area contributed by atoms with Crippen molar-refractivity contribution >= 4 is 26.0 Å². The lowest BCUT2D eigenvalue weighted by Crippen LogP contribution is -2.35. The van der Waals surface area contributed by atoms with Crippen LogP contribution in [-0.4, -0.2) is 48.9 Å². The van der Waals surface area contributed by atoms with Crippen molar-refractivity contribution in [1.29, 1.82) is 0 Å². The van der Waals surface area contributed by atoms with Gasteiger partial charge in [0, 0.05) is 31.8 Å². The second-order valence-corrected chi connectivity index (χ2v) is 7.05. The monoisotopic (exact) mass is 380 g/mol. The predicted octanol–water partition coefficient (Wildman–Crippen LogP) is 1.11. The van der Waals surface area contributed by atoms with Crippen LogP contribution in [0.25, 0.3) is 0 Å². The number of hydrogen-bond donors (Lipinski definition) is 2. The molecule has 1 atom stereocenters. The Kier molecular flexibility index (Phi) is 7.78. The molecule has 0 saturated heterocycles. The molecule has 1 aromatic rings. The molecule has 2 N–H and O–H groups in total. The predicted molar refractivity (Wildman–Crippen MR) is 84.8 cm³/mol. The number of benzene rings is 1.